The van der Waals surface area contributed by atoms with E-state index in [4.69, 9.17) is 4.42 Å². The maximum atomic E-state index is 14.6. The van der Waals surface area contributed by atoms with Crippen LogP contribution in [0.25, 0.3) is 54.6 Å². The van der Waals surface area contributed by atoms with E-state index in [1.165, 1.54) is 22.6 Å². The fourth-order valence-electron chi connectivity index (χ4n) is 11.2. The van der Waals surface area contributed by atoms with Crippen LogP contribution in [0.1, 0.15) is 33.4 Å². The molecule has 2 heterocycles. The van der Waals surface area contributed by atoms with Gasteiger partial charge < -0.3 is 14.2 Å². The minimum Gasteiger partial charge on any atom is -0.453 e. The van der Waals surface area contributed by atoms with Gasteiger partial charge in [0.15, 0.2) is 5.58 Å². The van der Waals surface area contributed by atoms with Crippen LogP contribution in [0.4, 0.5) is 47.3 Å². The topological polar surface area (TPSA) is 19.6 Å². The second-order valence-electron chi connectivity index (χ2n) is 17.1. The maximum Gasteiger partial charge on any atom is 0.420 e. The van der Waals surface area contributed by atoms with Crippen LogP contribution in [0.3, 0.4) is 0 Å². The monoisotopic (exact) mass is 846 g/mol. The minimum atomic E-state index is -4.60. The number of nitrogens with zero attached hydrogens (tertiary/aromatic N) is 2. The highest BCUT2D eigenvalue weighted by Crippen LogP contribution is 2.66. The van der Waals surface area contributed by atoms with Crippen molar-refractivity contribution < 1.29 is 17.6 Å². The summed E-state index contributed by atoms with van der Waals surface area (Å²) in [5, 5.41) is 5.42. The van der Waals surface area contributed by atoms with E-state index in [1.54, 1.807) is 6.07 Å². The van der Waals surface area contributed by atoms with Crippen molar-refractivity contribution in [1.82, 2.24) is 0 Å². The van der Waals surface area contributed by atoms with Crippen molar-refractivity contribution in [1.29, 1.82) is 0 Å². The molecule has 0 saturated heterocycles. The largest absolute Gasteiger partial charge is 0.453 e. The molecule has 65 heavy (non-hydrogen) atoms. The molecule has 310 valence electrons. The van der Waals surface area contributed by atoms with Crippen LogP contribution in [0, 0.1) is 6.92 Å². The Hall–Kier alpha value is -8.09. The molecule has 0 radical (unpaired) electrons. The third-order valence-electron chi connectivity index (χ3n) is 13.8. The van der Waals surface area contributed by atoms with Crippen LogP contribution in [0.5, 0.6) is 0 Å². The molecule has 0 N–H and O–H groups in total. The first kappa shape index (κ1) is 37.5. The van der Waals surface area contributed by atoms with E-state index in [-0.39, 0.29) is 5.58 Å². The third-order valence-corrected chi connectivity index (χ3v) is 13.8. The summed E-state index contributed by atoms with van der Waals surface area (Å²) in [5.74, 6) is 0. The van der Waals surface area contributed by atoms with E-state index in [1.807, 2.05) is 30.3 Å². The molecule has 1 aliphatic heterocycles. The Balaban J connectivity index is 1.20. The Bertz CT molecular complexity index is 3710. The molecule has 6 heteroatoms. The van der Waals surface area contributed by atoms with Crippen molar-refractivity contribution in [2.45, 2.75) is 18.5 Å². The zero-order valence-electron chi connectivity index (χ0n) is 35.1. The number of alkyl halides is 3. The Kier molecular flexibility index (Phi) is 7.90. The number of hydrogen-bond acceptors (Lipinski definition) is 3. The Morgan fingerprint density at radius 3 is 1.75 bits per heavy atom. The fraction of sp³-hybridized carbons (Fsp3) is 0.0508. The molecule has 13 rings (SSSR count). The summed E-state index contributed by atoms with van der Waals surface area (Å²) in [6, 6.07) is 70.5. The molecular weight excluding hydrogens is 810 g/mol. The number of fused-ring (bicyclic) bond motifs is 16. The van der Waals surface area contributed by atoms with Crippen LogP contribution >= 0.6 is 0 Å². The molecule has 0 atom stereocenters. The summed E-state index contributed by atoms with van der Waals surface area (Å²) in [7, 11) is 0. The first-order chi connectivity index (χ1) is 31.8. The molecular formula is C59H37F3N2O. The number of para-hydroxylation sites is 6. The van der Waals surface area contributed by atoms with Crippen molar-refractivity contribution >= 4 is 77.6 Å². The van der Waals surface area contributed by atoms with Crippen molar-refractivity contribution in [3.05, 3.63) is 240 Å². The van der Waals surface area contributed by atoms with Crippen molar-refractivity contribution in [3.8, 4) is 11.1 Å². The standard InChI is InChI=1S/C59H37F3N2O/c1-36-17-5-12-29-49(36)64(52-32-16-25-43-42-24-15-28-47(59(60,61)62)56(42)65-57(43)52)53-35-48-55(41-23-9-8-22-40(41)53)54-39-21-7-6-18-37(39)33-34-46(54)58(48)44-26-10-13-30-50(44)63(38-19-3-2-4-20-38)51-31-14-11-27-45(51)58/h2-35H,1H3. The SMILES string of the molecule is Cc1ccccc1N(c1cc2c(c3ccccc13)-c1c(ccc3ccccc13)C21c2ccccc2N(c2ccccc2)c2ccccc21)c1cccc2c1oc1c(C(F)(F)F)cccc12. The van der Waals surface area contributed by atoms with Gasteiger partial charge in [0.25, 0.3) is 0 Å². The van der Waals surface area contributed by atoms with Gasteiger partial charge in [-0.15, -0.1) is 0 Å². The molecule has 11 aromatic rings. The number of halogens is 3. The van der Waals surface area contributed by atoms with E-state index >= 15 is 0 Å². The van der Waals surface area contributed by atoms with Gasteiger partial charge in [0.05, 0.1) is 33.7 Å². The highest BCUT2D eigenvalue weighted by molar-refractivity contribution is 6.18. The van der Waals surface area contributed by atoms with Gasteiger partial charge in [0, 0.05) is 27.5 Å². The first-order valence-corrected chi connectivity index (χ1v) is 21.8. The van der Waals surface area contributed by atoms with E-state index in [9.17, 15) is 13.2 Å². The van der Waals surface area contributed by atoms with Crippen molar-refractivity contribution in [2.24, 2.45) is 0 Å². The lowest BCUT2D eigenvalue weighted by Gasteiger charge is -2.45. The lowest BCUT2D eigenvalue weighted by atomic mass is 9.64. The summed E-state index contributed by atoms with van der Waals surface area (Å²) in [6.45, 7) is 2.08. The highest BCUT2D eigenvalue weighted by atomic mass is 19.4. The Labute approximate surface area is 372 Å². The number of anilines is 6. The number of aryl methyl sites for hydroxylation is 1. The molecule has 0 bridgehead atoms. The van der Waals surface area contributed by atoms with Gasteiger partial charge in [-0.25, -0.2) is 0 Å². The summed E-state index contributed by atoms with van der Waals surface area (Å²) in [5.41, 5.74) is 12.2. The van der Waals surface area contributed by atoms with Gasteiger partial charge in [-0.05, 0) is 111 Å². The number of furan rings is 1. The summed E-state index contributed by atoms with van der Waals surface area (Å²) >= 11 is 0. The molecule has 10 aromatic carbocycles. The van der Waals surface area contributed by atoms with Crippen LogP contribution in [-0.4, -0.2) is 0 Å². The van der Waals surface area contributed by atoms with E-state index in [2.05, 4.69) is 174 Å². The van der Waals surface area contributed by atoms with Crippen LogP contribution in [0.15, 0.2) is 211 Å². The van der Waals surface area contributed by atoms with Gasteiger partial charge in [0.2, 0.25) is 0 Å². The molecule has 1 spiro atoms. The second-order valence-corrected chi connectivity index (χ2v) is 17.1. The van der Waals surface area contributed by atoms with Crippen molar-refractivity contribution in [3.63, 3.8) is 0 Å². The minimum absolute atomic E-state index is 0.175. The van der Waals surface area contributed by atoms with E-state index in [0.717, 1.165) is 78.5 Å². The van der Waals surface area contributed by atoms with Gasteiger partial charge in [-0.1, -0.05) is 158 Å². The fourth-order valence-corrected chi connectivity index (χ4v) is 11.2. The van der Waals surface area contributed by atoms with E-state index < -0.39 is 17.2 Å². The smallest absolute Gasteiger partial charge is 0.420 e. The third kappa shape index (κ3) is 5.13. The average Bonchev–Trinajstić information content (AvgIpc) is 3.87. The van der Waals surface area contributed by atoms with Gasteiger partial charge in [0.1, 0.15) is 5.58 Å². The molecule has 1 aromatic heterocycles. The van der Waals surface area contributed by atoms with Crippen LogP contribution < -0.4 is 9.80 Å². The molecule has 0 saturated carbocycles. The Morgan fingerprint density at radius 2 is 1.02 bits per heavy atom. The van der Waals surface area contributed by atoms with Crippen LogP contribution in [0.2, 0.25) is 0 Å². The van der Waals surface area contributed by atoms with Gasteiger partial charge in [-0.3, -0.25) is 0 Å². The zero-order chi connectivity index (χ0) is 43.6. The molecule has 0 unspecified atom stereocenters. The molecule has 2 aliphatic rings. The molecule has 0 fully saturated rings. The molecule has 3 nitrogen and oxygen atoms in total. The lowest BCUT2D eigenvalue weighted by Crippen LogP contribution is -2.36. The second kappa shape index (κ2) is 13.7. The normalized spacial score (nSPS) is 13.6. The summed E-state index contributed by atoms with van der Waals surface area (Å²) in [4.78, 5) is 4.59. The van der Waals surface area contributed by atoms with Crippen LogP contribution in [-0.2, 0) is 11.6 Å². The summed E-state index contributed by atoms with van der Waals surface area (Å²) in [6.07, 6.45) is -4.60. The highest BCUT2D eigenvalue weighted by Gasteiger charge is 2.53. The first-order valence-electron chi connectivity index (χ1n) is 21.8. The lowest BCUT2D eigenvalue weighted by molar-refractivity contribution is -0.136. The molecule has 0 amide bonds. The summed E-state index contributed by atoms with van der Waals surface area (Å²) < 4.78 is 50.4. The van der Waals surface area contributed by atoms with Crippen molar-refractivity contribution in [2.75, 3.05) is 9.80 Å². The predicted octanol–water partition coefficient (Wildman–Crippen LogP) is 16.8. The zero-order valence-corrected chi connectivity index (χ0v) is 35.1. The average molecular weight is 847 g/mol. The number of rotatable bonds is 4. The number of benzene rings is 10. The maximum absolute atomic E-state index is 14.6. The predicted molar refractivity (Wildman–Crippen MR) is 259 cm³/mol. The molecule has 1 aliphatic carbocycles. The number of hydrogen-bond donors (Lipinski definition) is 0. The van der Waals surface area contributed by atoms with E-state index in [0.29, 0.717) is 22.0 Å². The Morgan fingerprint density at radius 1 is 0.446 bits per heavy atom. The van der Waals surface area contributed by atoms with Gasteiger partial charge >= 0.3 is 6.18 Å². The van der Waals surface area contributed by atoms with Gasteiger partial charge in [-0.2, -0.15) is 13.2 Å². The quantitative estimate of drug-likeness (QED) is 0.176.